The summed E-state index contributed by atoms with van der Waals surface area (Å²) in [6.07, 6.45) is 4.20. The largest absolute Gasteiger partial charge is 0.397 e. The van der Waals surface area contributed by atoms with Gasteiger partial charge >= 0.3 is 0 Å². The fourth-order valence-electron chi connectivity index (χ4n) is 1.70. The number of aryl methyl sites for hydroxylation is 1. The second-order valence-corrected chi connectivity index (χ2v) is 5.18. The van der Waals surface area contributed by atoms with Gasteiger partial charge in [-0.15, -0.1) is 0 Å². The minimum absolute atomic E-state index is 0.585. The molecule has 0 radical (unpaired) electrons. The molecule has 4 heteroatoms. The van der Waals surface area contributed by atoms with E-state index in [1.165, 1.54) is 24.3 Å². The van der Waals surface area contributed by atoms with Crippen molar-refractivity contribution in [3.05, 3.63) is 17.8 Å². The van der Waals surface area contributed by atoms with Gasteiger partial charge in [-0.1, -0.05) is 0 Å². The molecule has 1 aromatic rings. The SMILES string of the molecule is Cc1cc(NC2CCSCC2)ncc1N. The number of nitrogens with zero attached hydrogens (tertiary/aromatic N) is 1. The monoisotopic (exact) mass is 223 g/mol. The molecule has 15 heavy (non-hydrogen) atoms. The van der Waals surface area contributed by atoms with Gasteiger partial charge in [-0.2, -0.15) is 11.8 Å². The van der Waals surface area contributed by atoms with E-state index in [9.17, 15) is 0 Å². The van der Waals surface area contributed by atoms with E-state index in [0.717, 1.165) is 17.1 Å². The minimum Gasteiger partial charge on any atom is -0.397 e. The summed E-state index contributed by atoms with van der Waals surface area (Å²) in [5, 5.41) is 3.47. The highest BCUT2D eigenvalue weighted by Crippen LogP contribution is 2.21. The Hall–Kier alpha value is -0.900. The Balaban J connectivity index is 2.00. The van der Waals surface area contributed by atoms with Gasteiger partial charge in [0.25, 0.3) is 0 Å². The van der Waals surface area contributed by atoms with Crippen molar-refractivity contribution in [2.45, 2.75) is 25.8 Å². The zero-order valence-electron chi connectivity index (χ0n) is 8.99. The van der Waals surface area contributed by atoms with E-state index in [4.69, 9.17) is 5.73 Å². The van der Waals surface area contributed by atoms with Crippen LogP contribution in [0.15, 0.2) is 12.3 Å². The second-order valence-electron chi connectivity index (χ2n) is 3.96. The highest BCUT2D eigenvalue weighted by atomic mass is 32.2. The van der Waals surface area contributed by atoms with Crippen LogP contribution in [-0.2, 0) is 0 Å². The number of thioether (sulfide) groups is 1. The molecule has 0 spiro atoms. The summed E-state index contributed by atoms with van der Waals surface area (Å²) in [5.41, 5.74) is 7.59. The summed E-state index contributed by atoms with van der Waals surface area (Å²) >= 11 is 2.03. The summed E-state index contributed by atoms with van der Waals surface area (Å²) in [6, 6.07) is 2.61. The Morgan fingerprint density at radius 2 is 2.20 bits per heavy atom. The molecule has 2 heterocycles. The van der Waals surface area contributed by atoms with Crippen molar-refractivity contribution in [2.24, 2.45) is 0 Å². The lowest BCUT2D eigenvalue weighted by Gasteiger charge is -2.23. The molecule has 0 atom stereocenters. The maximum absolute atomic E-state index is 5.73. The molecular formula is C11H17N3S. The Morgan fingerprint density at radius 1 is 1.47 bits per heavy atom. The third-order valence-corrected chi connectivity index (χ3v) is 3.77. The Kier molecular flexibility index (Phi) is 3.36. The van der Waals surface area contributed by atoms with Crippen molar-refractivity contribution >= 4 is 23.3 Å². The van der Waals surface area contributed by atoms with Gasteiger partial charge in [-0.05, 0) is 42.9 Å². The van der Waals surface area contributed by atoms with Gasteiger partial charge in [0.05, 0.1) is 11.9 Å². The van der Waals surface area contributed by atoms with Gasteiger partial charge in [0.2, 0.25) is 0 Å². The normalized spacial score (nSPS) is 17.7. The maximum Gasteiger partial charge on any atom is 0.126 e. The van der Waals surface area contributed by atoms with Crippen LogP contribution >= 0.6 is 11.8 Å². The minimum atomic E-state index is 0.585. The quantitative estimate of drug-likeness (QED) is 0.807. The van der Waals surface area contributed by atoms with Crippen molar-refractivity contribution in [1.29, 1.82) is 0 Å². The number of pyridine rings is 1. The van der Waals surface area contributed by atoms with Crippen molar-refractivity contribution in [3.8, 4) is 0 Å². The van der Waals surface area contributed by atoms with Gasteiger partial charge in [0, 0.05) is 6.04 Å². The van der Waals surface area contributed by atoms with Gasteiger partial charge < -0.3 is 11.1 Å². The highest BCUT2D eigenvalue weighted by molar-refractivity contribution is 7.99. The lowest BCUT2D eigenvalue weighted by atomic mass is 10.1. The third kappa shape index (κ3) is 2.78. The van der Waals surface area contributed by atoms with Crippen molar-refractivity contribution in [3.63, 3.8) is 0 Å². The van der Waals surface area contributed by atoms with Gasteiger partial charge in [0.15, 0.2) is 0 Å². The van der Waals surface area contributed by atoms with E-state index >= 15 is 0 Å². The first kappa shape index (κ1) is 10.6. The fraction of sp³-hybridized carbons (Fsp3) is 0.545. The average molecular weight is 223 g/mol. The smallest absolute Gasteiger partial charge is 0.126 e. The maximum atomic E-state index is 5.73. The number of hydrogen-bond acceptors (Lipinski definition) is 4. The second kappa shape index (κ2) is 4.75. The molecule has 3 N–H and O–H groups in total. The van der Waals surface area contributed by atoms with Crippen LogP contribution in [0.3, 0.4) is 0 Å². The lowest BCUT2D eigenvalue weighted by Crippen LogP contribution is -2.25. The Morgan fingerprint density at radius 3 is 2.87 bits per heavy atom. The Labute approximate surface area is 94.8 Å². The van der Waals surface area contributed by atoms with Crippen molar-refractivity contribution < 1.29 is 0 Å². The van der Waals surface area contributed by atoms with Crippen LogP contribution in [0.2, 0.25) is 0 Å². The number of nitrogens with two attached hydrogens (primary N) is 1. The third-order valence-electron chi connectivity index (χ3n) is 2.72. The van der Waals surface area contributed by atoms with Crippen LogP contribution in [0, 0.1) is 6.92 Å². The van der Waals surface area contributed by atoms with E-state index in [1.54, 1.807) is 6.20 Å². The predicted molar refractivity (Wildman–Crippen MR) is 67.4 cm³/mol. The van der Waals surface area contributed by atoms with E-state index in [2.05, 4.69) is 10.3 Å². The molecule has 1 saturated heterocycles. The summed E-state index contributed by atoms with van der Waals surface area (Å²) < 4.78 is 0. The number of hydrogen-bond donors (Lipinski definition) is 2. The highest BCUT2D eigenvalue weighted by Gasteiger charge is 2.13. The molecule has 0 bridgehead atoms. The van der Waals surface area contributed by atoms with Crippen LogP contribution in [0.25, 0.3) is 0 Å². The zero-order valence-corrected chi connectivity index (χ0v) is 9.81. The molecule has 1 aliphatic heterocycles. The fourth-order valence-corrected chi connectivity index (χ4v) is 2.80. The average Bonchev–Trinajstić information content (AvgIpc) is 2.25. The van der Waals surface area contributed by atoms with E-state index in [0.29, 0.717) is 6.04 Å². The van der Waals surface area contributed by atoms with Crippen LogP contribution < -0.4 is 11.1 Å². The van der Waals surface area contributed by atoms with Crippen LogP contribution in [-0.4, -0.2) is 22.5 Å². The number of rotatable bonds is 2. The first-order chi connectivity index (χ1) is 7.25. The lowest BCUT2D eigenvalue weighted by molar-refractivity contribution is 0.664. The molecule has 0 aliphatic carbocycles. The zero-order chi connectivity index (χ0) is 10.7. The predicted octanol–water partition coefficient (Wildman–Crippen LogP) is 2.28. The molecule has 0 unspecified atom stereocenters. The number of nitrogens with one attached hydrogen (secondary N) is 1. The number of nitrogen functional groups attached to an aromatic ring is 1. The van der Waals surface area contributed by atoms with Gasteiger partial charge in [-0.3, -0.25) is 0 Å². The summed E-state index contributed by atoms with van der Waals surface area (Å²) in [6.45, 7) is 2.01. The molecule has 0 saturated carbocycles. The standard InChI is InChI=1S/C11H17N3S/c1-8-6-11(13-7-10(8)12)14-9-2-4-15-5-3-9/h6-7,9H,2-5,12H2,1H3,(H,13,14). The van der Waals surface area contributed by atoms with Crippen LogP contribution in [0.4, 0.5) is 11.5 Å². The Bertz CT molecular complexity index is 335. The van der Waals surface area contributed by atoms with Gasteiger partial charge in [0.1, 0.15) is 5.82 Å². The molecule has 82 valence electrons. The van der Waals surface area contributed by atoms with Gasteiger partial charge in [-0.25, -0.2) is 4.98 Å². The first-order valence-electron chi connectivity index (χ1n) is 5.32. The topological polar surface area (TPSA) is 50.9 Å². The van der Waals surface area contributed by atoms with Crippen molar-refractivity contribution in [2.75, 3.05) is 22.6 Å². The summed E-state index contributed by atoms with van der Waals surface area (Å²) in [7, 11) is 0. The number of anilines is 2. The van der Waals surface area contributed by atoms with Crippen LogP contribution in [0.1, 0.15) is 18.4 Å². The molecule has 1 aliphatic rings. The molecule has 1 aromatic heterocycles. The number of aromatic nitrogens is 1. The van der Waals surface area contributed by atoms with Crippen molar-refractivity contribution in [1.82, 2.24) is 4.98 Å². The van der Waals surface area contributed by atoms with Crippen LogP contribution in [0.5, 0.6) is 0 Å². The van der Waals surface area contributed by atoms with E-state index in [-0.39, 0.29) is 0 Å². The van der Waals surface area contributed by atoms with E-state index in [1.807, 2.05) is 24.8 Å². The molecule has 0 amide bonds. The summed E-state index contributed by atoms with van der Waals surface area (Å²) in [4.78, 5) is 4.29. The van der Waals surface area contributed by atoms with E-state index < -0.39 is 0 Å². The molecule has 0 aromatic carbocycles. The summed E-state index contributed by atoms with van der Waals surface area (Å²) in [5.74, 6) is 3.47. The molecule has 1 fully saturated rings. The first-order valence-corrected chi connectivity index (χ1v) is 6.47. The molecule has 3 nitrogen and oxygen atoms in total. The molecule has 2 rings (SSSR count). The molecular weight excluding hydrogens is 206 g/mol.